The zero-order valence-corrected chi connectivity index (χ0v) is 5.39. The molecule has 0 aromatic carbocycles. The molecule has 0 unspecified atom stereocenters. The summed E-state index contributed by atoms with van der Waals surface area (Å²) in [4.78, 5) is 4.17. The molecule has 0 aromatic rings. The summed E-state index contributed by atoms with van der Waals surface area (Å²) in [6.45, 7) is 5.03. The Labute approximate surface area is 49.7 Å². The van der Waals surface area contributed by atoms with Gasteiger partial charge < -0.3 is 4.74 Å². The zero-order valence-electron chi connectivity index (χ0n) is 5.39. The minimum Gasteiger partial charge on any atom is -0.353 e. The largest absolute Gasteiger partial charge is 0.353 e. The smallest absolute Gasteiger partial charge is 0.166 e. The topological polar surface area (TPSA) is 44.5 Å². The molecule has 0 heterocycles. The molecule has 8 heavy (non-hydrogen) atoms. The van der Waals surface area contributed by atoms with Crippen molar-refractivity contribution in [3.8, 4) is 0 Å². The Balaban J connectivity index is 2.72. The highest BCUT2D eigenvalue weighted by molar-refractivity contribution is 4.36. The molecule has 3 heteroatoms. The first-order valence-electron chi connectivity index (χ1n) is 2.66. The van der Waals surface area contributed by atoms with E-state index >= 15 is 0 Å². The van der Waals surface area contributed by atoms with Crippen LogP contribution in [0.2, 0.25) is 0 Å². The van der Waals surface area contributed by atoms with Crippen molar-refractivity contribution in [2.24, 2.45) is 11.8 Å². The summed E-state index contributed by atoms with van der Waals surface area (Å²) in [5, 5.41) is 0. The molecule has 0 aliphatic heterocycles. The fourth-order valence-corrected chi connectivity index (χ4v) is 0.332. The van der Waals surface area contributed by atoms with Crippen LogP contribution in [0.3, 0.4) is 0 Å². The number of hydrogen-bond donors (Lipinski definition) is 1. The maximum Gasteiger partial charge on any atom is 0.166 e. The van der Waals surface area contributed by atoms with E-state index in [1.807, 2.05) is 0 Å². The lowest BCUT2D eigenvalue weighted by atomic mass is 10.2. The van der Waals surface area contributed by atoms with Crippen molar-refractivity contribution in [2.45, 2.75) is 13.8 Å². The lowest BCUT2D eigenvalue weighted by Crippen LogP contribution is -2.08. The molecule has 0 aliphatic rings. The van der Waals surface area contributed by atoms with Crippen LogP contribution in [0.4, 0.5) is 0 Å². The van der Waals surface area contributed by atoms with E-state index in [-0.39, 0.29) is 6.79 Å². The summed E-state index contributed by atoms with van der Waals surface area (Å²) < 4.78 is 4.90. The number of hydrogen-bond acceptors (Lipinski definition) is 3. The molecule has 0 fully saturated rings. The van der Waals surface area contributed by atoms with Crippen LogP contribution in [-0.4, -0.2) is 13.4 Å². The van der Waals surface area contributed by atoms with Crippen LogP contribution < -0.4 is 5.90 Å². The van der Waals surface area contributed by atoms with Gasteiger partial charge in [-0.05, 0) is 5.92 Å². The van der Waals surface area contributed by atoms with Gasteiger partial charge >= 0.3 is 0 Å². The molecule has 0 saturated carbocycles. The molecule has 0 aliphatic carbocycles. The molecule has 0 aromatic heterocycles. The van der Waals surface area contributed by atoms with E-state index in [4.69, 9.17) is 4.74 Å². The van der Waals surface area contributed by atoms with Crippen LogP contribution in [0.25, 0.3) is 0 Å². The molecule has 0 amide bonds. The predicted molar refractivity (Wildman–Crippen MR) is 30.9 cm³/mol. The molecule has 2 N–H and O–H groups in total. The normalized spacial score (nSPS) is 10.5. The minimum absolute atomic E-state index is 0.193. The van der Waals surface area contributed by atoms with Crippen molar-refractivity contribution in [2.75, 3.05) is 13.4 Å². The standard InChI is InChI=1S/C5H13NO2/c1-5(2)3-7-4-8-6/h5H,3-4,6H2,1-2H3. The highest BCUT2D eigenvalue weighted by atomic mass is 16.7. The summed E-state index contributed by atoms with van der Waals surface area (Å²) in [7, 11) is 0. The van der Waals surface area contributed by atoms with Crippen LogP contribution >= 0.6 is 0 Å². The van der Waals surface area contributed by atoms with Crippen molar-refractivity contribution in [1.82, 2.24) is 0 Å². The van der Waals surface area contributed by atoms with Gasteiger partial charge in [-0.15, -0.1) is 0 Å². The van der Waals surface area contributed by atoms with Gasteiger partial charge in [-0.1, -0.05) is 13.8 Å². The average Bonchev–Trinajstić information content (AvgIpc) is 1.66. The minimum atomic E-state index is 0.193. The van der Waals surface area contributed by atoms with Crippen LogP contribution in [0.1, 0.15) is 13.8 Å². The van der Waals surface area contributed by atoms with Gasteiger partial charge in [0.05, 0.1) is 6.61 Å². The number of rotatable bonds is 4. The molecular formula is C5H13NO2. The SMILES string of the molecule is CC(C)COCON. The van der Waals surface area contributed by atoms with Crippen LogP contribution in [0.5, 0.6) is 0 Å². The number of nitrogens with two attached hydrogens (primary N) is 1. The van der Waals surface area contributed by atoms with Gasteiger partial charge in [0.15, 0.2) is 6.79 Å². The maximum atomic E-state index is 4.90. The van der Waals surface area contributed by atoms with E-state index in [1.54, 1.807) is 0 Å². The molecule has 0 atom stereocenters. The molecular weight excluding hydrogens is 106 g/mol. The van der Waals surface area contributed by atoms with Crippen molar-refractivity contribution < 1.29 is 9.57 Å². The summed E-state index contributed by atoms with van der Waals surface area (Å²) >= 11 is 0. The second-order valence-corrected chi connectivity index (χ2v) is 2.05. The monoisotopic (exact) mass is 119 g/mol. The fraction of sp³-hybridized carbons (Fsp3) is 1.00. The Morgan fingerprint density at radius 1 is 1.50 bits per heavy atom. The Bertz CT molecular complexity index is 47.7. The van der Waals surface area contributed by atoms with Crippen molar-refractivity contribution in [3.63, 3.8) is 0 Å². The summed E-state index contributed by atoms with van der Waals surface area (Å²) in [6.07, 6.45) is 0. The zero-order chi connectivity index (χ0) is 6.41. The Morgan fingerprint density at radius 2 is 2.12 bits per heavy atom. The second-order valence-electron chi connectivity index (χ2n) is 2.05. The van der Waals surface area contributed by atoms with Crippen molar-refractivity contribution in [3.05, 3.63) is 0 Å². The van der Waals surface area contributed by atoms with Crippen molar-refractivity contribution in [1.29, 1.82) is 0 Å². The highest BCUT2D eigenvalue weighted by Gasteiger charge is 1.90. The quantitative estimate of drug-likeness (QED) is 0.333. The van der Waals surface area contributed by atoms with Gasteiger partial charge in [-0.25, -0.2) is 5.90 Å². The first-order valence-corrected chi connectivity index (χ1v) is 2.66. The van der Waals surface area contributed by atoms with Gasteiger partial charge in [0.25, 0.3) is 0 Å². The van der Waals surface area contributed by atoms with E-state index < -0.39 is 0 Å². The molecule has 0 radical (unpaired) electrons. The van der Waals surface area contributed by atoms with E-state index in [9.17, 15) is 0 Å². The highest BCUT2D eigenvalue weighted by Crippen LogP contribution is 1.90. The third kappa shape index (κ3) is 5.88. The summed E-state index contributed by atoms with van der Waals surface area (Å²) in [6, 6.07) is 0. The van der Waals surface area contributed by atoms with E-state index in [2.05, 4.69) is 24.6 Å². The fourth-order valence-electron chi connectivity index (χ4n) is 0.332. The van der Waals surface area contributed by atoms with E-state index in [1.165, 1.54) is 0 Å². The average molecular weight is 119 g/mol. The second kappa shape index (κ2) is 5.03. The predicted octanol–water partition coefficient (Wildman–Crippen LogP) is 0.507. The lowest BCUT2D eigenvalue weighted by molar-refractivity contribution is -0.0631. The van der Waals surface area contributed by atoms with Crippen molar-refractivity contribution >= 4 is 0 Å². The Morgan fingerprint density at radius 3 is 2.50 bits per heavy atom. The molecule has 3 nitrogen and oxygen atoms in total. The summed E-state index contributed by atoms with van der Waals surface area (Å²) in [5.41, 5.74) is 0. The molecule has 0 saturated heterocycles. The first-order chi connectivity index (χ1) is 3.77. The van der Waals surface area contributed by atoms with Gasteiger partial charge in [-0.3, -0.25) is 4.84 Å². The summed E-state index contributed by atoms with van der Waals surface area (Å²) in [5.74, 6) is 5.24. The molecule has 0 spiro atoms. The first kappa shape index (κ1) is 7.88. The lowest BCUT2D eigenvalue weighted by Gasteiger charge is -2.03. The van der Waals surface area contributed by atoms with Gasteiger partial charge in [-0.2, -0.15) is 0 Å². The third-order valence-corrected chi connectivity index (χ3v) is 0.603. The molecule has 0 bridgehead atoms. The molecule has 50 valence electrons. The van der Waals surface area contributed by atoms with Crippen LogP contribution in [0.15, 0.2) is 0 Å². The Kier molecular flexibility index (Phi) is 4.95. The van der Waals surface area contributed by atoms with Gasteiger partial charge in [0.2, 0.25) is 0 Å². The van der Waals surface area contributed by atoms with E-state index in [0.29, 0.717) is 12.5 Å². The van der Waals surface area contributed by atoms with Crippen LogP contribution in [0, 0.1) is 5.92 Å². The van der Waals surface area contributed by atoms with Crippen LogP contribution in [-0.2, 0) is 9.57 Å². The maximum absolute atomic E-state index is 4.90. The molecule has 0 rings (SSSR count). The number of ether oxygens (including phenoxy) is 1. The van der Waals surface area contributed by atoms with Gasteiger partial charge in [0.1, 0.15) is 0 Å². The van der Waals surface area contributed by atoms with E-state index in [0.717, 1.165) is 0 Å². The third-order valence-electron chi connectivity index (χ3n) is 0.603. The van der Waals surface area contributed by atoms with Gasteiger partial charge in [0, 0.05) is 0 Å². The Hall–Kier alpha value is -0.120.